The largest absolute Gasteiger partial charge is 0.496 e. The first-order valence-corrected chi connectivity index (χ1v) is 7.48. The molecule has 7 heteroatoms. The van der Waals surface area contributed by atoms with Gasteiger partial charge in [-0.25, -0.2) is 4.79 Å². The molecule has 0 unspecified atom stereocenters. The number of aliphatic carboxylic acids is 1. The Morgan fingerprint density at radius 3 is 2.32 bits per heavy atom. The second-order valence-electron chi connectivity index (χ2n) is 5.12. The van der Waals surface area contributed by atoms with E-state index >= 15 is 0 Å². The molecule has 0 atom stereocenters. The molecule has 0 radical (unpaired) electrons. The number of hydrogen-bond acceptors (Lipinski definition) is 5. The first-order valence-electron chi connectivity index (χ1n) is 7.48. The molecule has 0 saturated heterocycles. The third-order valence-electron chi connectivity index (χ3n) is 3.39. The van der Waals surface area contributed by atoms with Gasteiger partial charge in [0.25, 0.3) is 0 Å². The van der Waals surface area contributed by atoms with Gasteiger partial charge in [0.2, 0.25) is 0 Å². The van der Waals surface area contributed by atoms with E-state index in [1.54, 1.807) is 0 Å². The van der Waals surface area contributed by atoms with Crippen LogP contribution in [0.2, 0.25) is 0 Å². The van der Waals surface area contributed by atoms with Crippen LogP contribution in [0.5, 0.6) is 11.5 Å². The maximum Gasteiger partial charge on any atom is 0.412 e. The number of hydrogen-bond donors (Lipinski definition) is 2. The van der Waals surface area contributed by atoms with Gasteiger partial charge in [-0.05, 0) is 11.6 Å². The number of nitrogens with one attached hydrogen (secondary N) is 1. The van der Waals surface area contributed by atoms with Gasteiger partial charge in [-0.2, -0.15) is 0 Å². The molecule has 0 bridgehead atoms. The fraction of sp³-hybridized carbons (Fsp3) is 0.222. The van der Waals surface area contributed by atoms with E-state index in [0.717, 1.165) is 5.56 Å². The summed E-state index contributed by atoms with van der Waals surface area (Å²) in [6, 6.07) is 12.3. The van der Waals surface area contributed by atoms with Gasteiger partial charge in [-0.1, -0.05) is 30.3 Å². The number of carbonyl (C=O) groups is 2. The summed E-state index contributed by atoms with van der Waals surface area (Å²) < 4.78 is 15.6. The molecule has 2 aromatic carbocycles. The van der Waals surface area contributed by atoms with E-state index in [0.29, 0.717) is 22.7 Å². The smallest absolute Gasteiger partial charge is 0.412 e. The van der Waals surface area contributed by atoms with Gasteiger partial charge in [-0.15, -0.1) is 0 Å². The molecule has 0 saturated carbocycles. The summed E-state index contributed by atoms with van der Waals surface area (Å²) in [7, 11) is 2.84. The molecule has 132 valence electrons. The van der Waals surface area contributed by atoms with E-state index in [1.165, 1.54) is 26.4 Å². The van der Waals surface area contributed by atoms with Crippen LogP contribution >= 0.6 is 0 Å². The third-order valence-corrected chi connectivity index (χ3v) is 3.39. The Kier molecular flexibility index (Phi) is 6.22. The Morgan fingerprint density at radius 2 is 1.72 bits per heavy atom. The molecule has 1 amide bonds. The molecule has 2 N–H and O–H groups in total. The molecular formula is C18H19NO6. The lowest BCUT2D eigenvalue weighted by molar-refractivity contribution is -0.136. The zero-order valence-corrected chi connectivity index (χ0v) is 13.9. The topological polar surface area (TPSA) is 94.1 Å². The van der Waals surface area contributed by atoms with Gasteiger partial charge in [0.1, 0.15) is 18.1 Å². The number of carboxylic acids is 1. The van der Waals surface area contributed by atoms with Crippen molar-refractivity contribution in [2.45, 2.75) is 13.0 Å². The molecule has 0 aliphatic carbocycles. The van der Waals surface area contributed by atoms with Gasteiger partial charge in [0.05, 0.1) is 26.3 Å². The number of carboxylic acid groups (broad SMARTS) is 1. The van der Waals surface area contributed by atoms with Crippen LogP contribution in [0.4, 0.5) is 10.5 Å². The van der Waals surface area contributed by atoms with E-state index in [-0.39, 0.29) is 13.0 Å². The Bertz CT molecular complexity index is 745. The van der Waals surface area contributed by atoms with Gasteiger partial charge in [-0.3, -0.25) is 10.1 Å². The molecule has 0 heterocycles. The highest BCUT2D eigenvalue weighted by Gasteiger charge is 2.16. The van der Waals surface area contributed by atoms with Crippen LogP contribution in [-0.2, 0) is 22.6 Å². The zero-order chi connectivity index (χ0) is 18.2. The first kappa shape index (κ1) is 18.1. The lowest BCUT2D eigenvalue weighted by Gasteiger charge is -2.15. The van der Waals surface area contributed by atoms with E-state index < -0.39 is 12.1 Å². The molecule has 0 aliphatic rings. The van der Waals surface area contributed by atoms with Crippen molar-refractivity contribution < 1.29 is 28.9 Å². The number of benzene rings is 2. The molecule has 0 aliphatic heterocycles. The van der Waals surface area contributed by atoms with Crippen LogP contribution in [0.3, 0.4) is 0 Å². The van der Waals surface area contributed by atoms with Gasteiger partial charge >= 0.3 is 12.1 Å². The summed E-state index contributed by atoms with van der Waals surface area (Å²) >= 11 is 0. The summed E-state index contributed by atoms with van der Waals surface area (Å²) in [4.78, 5) is 22.9. The number of rotatable bonds is 7. The predicted molar refractivity (Wildman–Crippen MR) is 91.1 cm³/mol. The second kappa shape index (κ2) is 8.58. The van der Waals surface area contributed by atoms with Crippen molar-refractivity contribution in [2.24, 2.45) is 0 Å². The molecule has 0 aromatic heterocycles. The summed E-state index contributed by atoms with van der Waals surface area (Å²) in [5.41, 5.74) is 1.63. The van der Waals surface area contributed by atoms with E-state index in [4.69, 9.17) is 19.3 Å². The van der Waals surface area contributed by atoms with Crippen molar-refractivity contribution >= 4 is 17.7 Å². The van der Waals surface area contributed by atoms with Crippen molar-refractivity contribution in [3.8, 4) is 11.5 Å². The summed E-state index contributed by atoms with van der Waals surface area (Å²) in [6.07, 6.45) is -0.881. The third kappa shape index (κ3) is 5.13. The molecule has 25 heavy (non-hydrogen) atoms. The van der Waals surface area contributed by atoms with Gasteiger partial charge in [0, 0.05) is 11.6 Å². The van der Waals surface area contributed by atoms with Crippen LogP contribution in [-0.4, -0.2) is 31.4 Å². The Hall–Kier alpha value is -3.22. The fourth-order valence-electron chi connectivity index (χ4n) is 2.23. The van der Waals surface area contributed by atoms with E-state index in [2.05, 4.69) is 5.32 Å². The van der Waals surface area contributed by atoms with Crippen LogP contribution < -0.4 is 14.8 Å². The predicted octanol–water partition coefficient (Wildman–Crippen LogP) is 3.08. The fourth-order valence-corrected chi connectivity index (χ4v) is 2.23. The van der Waals surface area contributed by atoms with Gasteiger partial charge < -0.3 is 19.3 Å². The molecule has 0 spiro atoms. The number of amides is 1. The Morgan fingerprint density at radius 1 is 1.04 bits per heavy atom. The summed E-state index contributed by atoms with van der Waals surface area (Å²) in [5, 5.41) is 11.5. The Labute approximate surface area is 145 Å². The average Bonchev–Trinajstić information content (AvgIpc) is 2.61. The minimum Gasteiger partial charge on any atom is -0.496 e. The van der Waals surface area contributed by atoms with Crippen molar-refractivity contribution in [1.29, 1.82) is 0 Å². The maximum atomic E-state index is 12.0. The zero-order valence-electron chi connectivity index (χ0n) is 13.9. The maximum absolute atomic E-state index is 12.0. The molecule has 2 aromatic rings. The number of ether oxygens (including phenoxy) is 3. The van der Waals surface area contributed by atoms with Crippen molar-refractivity contribution in [2.75, 3.05) is 19.5 Å². The molecule has 2 rings (SSSR count). The highest BCUT2D eigenvalue weighted by Crippen LogP contribution is 2.33. The quantitative estimate of drug-likeness (QED) is 0.801. The van der Waals surface area contributed by atoms with E-state index in [1.807, 2.05) is 30.3 Å². The van der Waals surface area contributed by atoms with Crippen LogP contribution in [0.25, 0.3) is 0 Å². The SMILES string of the molecule is COc1cc(NC(=O)OCc2ccccc2)c(OC)cc1CC(=O)O. The molecular weight excluding hydrogens is 326 g/mol. The minimum absolute atomic E-state index is 0.128. The van der Waals surface area contributed by atoms with Crippen molar-refractivity contribution in [1.82, 2.24) is 0 Å². The van der Waals surface area contributed by atoms with E-state index in [9.17, 15) is 9.59 Å². The van der Waals surface area contributed by atoms with Crippen molar-refractivity contribution in [3.63, 3.8) is 0 Å². The number of carbonyl (C=O) groups excluding carboxylic acids is 1. The minimum atomic E-state index is -0.997. The lowest BCUT2D eigenvalue weighted by Crippen LogP contribution is -2.14. The first-order chi connectivity index (χ1) is 12.0. The molecule has 7 nitrogen and oxygen atoms in total. The van der Waals surface area contributed by atoms with Gasteiger partial charge in [0.15, 0.2) is 0 Å². The molecule has 0 fully saturated rings. The highest BCUT2D eigenvalue weighted by molar-refractivity contribution is 5.87. The standard InChI is InChI=1S/C18H19NO6/c1-23-15-10-14(16(24-2)8-13(15)9-17(20)21)19-18(22)25-11-12-6-4-3-5-7-12/h3-8,10H,9,11H2,1-2H3,(H,19,22)(H,20,21). The summed E-state index contributed by atoms with van der Waals surface area (Å²) in [5.74, 6) is -0.349. The van der Waals surface area contributed by atoms with Crippen LogP contribution in [0.15, 0.2) is 42.5 Å². The number of methoxy groups -OCH3 is 2. The van der Waals surface area contributed by atoms with Crippen LogP contribution in [0.1, 0.15) is 11.1 Å². The average molecular weight is 345 g/mol. The van der Waals surface area contributed by atoms with Crippen LogP contribution in [0, 0.1) is 0 Å². The second-order valence-corrected chi connectivity index (χ2v) is 5.12. The lowest BCUT2D eigenvalue weighted by atomic mass is 10.1. The normalized spacial score (nSPS) is 10.0. The summed E-state index contributed by atoms with van der Waals surface area (Å²) in [6.45, 7) is 0.128. The Balaban J connectivity index is 2.11. The number of anilines is 1. The monoisotopic (exact) mass is 345 g/mol. The van der Waals surface area contributed by atoms with Crippen molar-refractivity contribution in [3.05, 3.63) is 53.6 Å². The highest BCUT2D eigenvalue weighted by atomic mass is 16.5.